The zero-order valence-electron chi connectivity index (χ0n) is 10.3. The molecule has 96 valence electrons. The Bertz CT molecular complexity index is 538. The highest BCUT2D eigenvalue weighted by Crippen LogP contribution is 2.34. The van der Waals surface area contributed by atoms with Crippen molar-refractivity contribution in [3.8, 4) is 0 Å². The zero-order chi connectivity index (χ0) is 13.1. The maximum absolute atomic E-state index is 14.2. The SMILES string of the molecule is CCNC(c1cccc(C)c1F)c1sccc1Cl. The quantitative estimate of drug-likeness (QED) is 0.868. The molecule has 1 aromatic carbocycles. The molecule has 2 aromatic rings. The maximum Gasteiger partial charge on any atom is 0.131 e. The van der Waals surface area contributed by atoms with E-state index in [-0.39, 0.29) is 11.9 Å². The van der Waals surface area contributed by atoms with E-state index in [1.54, 1.807) is 24.3 Å². The van der Waals surface area contributed by atoms with E-state index in [9.17, 15) is 4.39 Å². The number of thiophene rings is 1. The Morgan fingerprint density at radius 3 is 2.78 bits per heavy atom. The van der Waals surface area contributed by atoms with Crippen LogP contribution in [-0.4, -0.2) is 6.54 Å². The van der Waals surface area contributed by atoms with Crippen molar-refractivity contribution in [3.63, 3.8) is 0 Å². The van der Waals surface area contributed by atoms with E-state index in [0.29, 0.717) is 16.1 Å². The molecule has 1 N–H and O–H groups in total. The van der Waals surface area contributed by atoms with Crippen molar-refractivity contribution in [3.05, 3.63) is 56.5 Å². The normalized spacial score (nSPS) is 12.7. The van der Waals surface area contributed by atoms with E-state index >= 15 is 0 Å². The number of halogens is 2. The van der Waals surface area contributed by atoms with Gasteiger partial charge in [0, 0.05) is 10.4 Å². The molecule has 1 unspecified atom stereocenters. The second-order valence-corrected chi connectivity index (χ2v) is 5.46. The van der Waals surface area contributed by atoms with Gasteiger partial charge in [0.2, 0.25) is 0 Å². The molecular formula is C14H15ClFNS. The second kappa shape index (κ2) is 5.83. The van der Waals surface area contributed by atoms with Crippen molar-refractivity contribution < 1.29 is 4.39 Å². The highest BCUT2D eigenvalue weighted by atomic mass is 35.5. The molecule has 0 aliphatic rings. The van der Waals surface area contributed by atoms with Crippen LogP contribution < -0.4 is 5.32 Å². The van der Waals surface area contributed by atoms with Crippen molar-refractivity contribution in [1.29, 1.82) is 0 Å². The minimum absolute atomic E-state index is 0.159. The van der Waals surface area contributed by atoms with Gasteiger partial charge in [-0.1, -0.05) is 36.7 Å². The molecule has 0 bridgehead atoms. The predicted molar refractivity (Wildman–Crippen MR) is 76.0 cm³/mol. The monoisotopic (exact) mass is 283 g/mol. The number of benzene rings is 1. The van der Waals surface area contributed by atoms with Crippen molar-refractivity contribution in [2.24, 2.45) is 0 Å². The third kappa shape index (κ3) is 2.58. The zero-order valence-corrected chi connectivity index (χ0v) is 11.9. The maximum atomic E-state index is 14.2. The van der Waals surface area contributed by atoms with Crippen LogP contribution in [0.1, 0.15) is 29.0 Å². The molecule has 0 radical (unpaired) electrons. The summed E-state index contributed by atoms with van der Waals surface area (Å²) in [6, 6.07) is 7.13. The van der Waals surface area contributed by atoms with E-state index in [4.69, 9.17) is 11.6 Å². The number of aryl methyl sites for hydroxylation is 1. The van der Waals surface area contributed by atoms with Crippen molar-refractivity contribution in [2.75, 3.05) is 6.54 Å². The molecule has 0 aliphatic heterocycles. The number of hydrogen-bond donors (Lipinski definition) is 1. The average Bonchev–Trinajstić information content (AvgIpc) is 2.76. The number of rotatable bonds is 4. The Morgan fingerprint density at radius 2 is 2.17 bits per heavy atom. The van der Waals surface area contributed by atoms with Gasteiger partial charge >= 0.3 is 0 Å². The van der Waals surface area contributed by atoms with Gasteiger partial charge in [0.1, 0.15) is 5.82 Å². The van der Waals surface area contributed by atoms with Gasteiger partial charge in [0.15, 0.2) is 0 Å². The predicted octanol–water partition coefficient (Wildman–Crippen LogP) is 4.55. The summed E-state index contributed by atoms with van der Waals surface area (Å²) < 4.78 is 14.2. The lowest BCUT2D eigenvalue weighted by atomic mass is 10.0. The third-order valence-electron chi connectivity index (χ3n) is 2.85. The van der Waals surface area contributed by atoms with Gasteiger partial charge in [-0.2, -0.15) is 0 Å². The Kier molecular flexibility index (Phi) is 4.38. The molecule has 2 rings (SSSR count). The molecule has 1 heterocycles. The van der Waals surface area contributed by atoms with Crippen LogP contribution in [0.2, 0.25) is 5.02 Å². The van der Waals surface area contributed by atoms with Crippen LogP contribution in [0, 0.1) is 12.7 Å². The van der Waals surface area contributed by atoms with Crippen molar-refractivity contribution in [2.45, 2.75) is 19.9 Å². The van der Waals surface area contributed by atoms with Gasteiger partial charge < -0.3 is 5.32 Å². The number of nitrogens with one attached hydrogen (secondary N) is 1. The molecule has 0 saturated heterocycles. The van der Waals surface area contributed by atoms with Gasteiger partial charge in [0.25, 0.3) is 0 Å². The van der Waals surface area contributed by atoms with Crippen molar-refractivity contribution in [1.82, 2.24) is 5.32 Å². The molecule has 1 nitrogen and oxygen atoms in total. The van der Waals surface area contributed by atoms with Crippen LogP contribution in [0.25, 0.3) is 0 Å². The average molecular weight is 284 g/mol. The minimum Gasteiger partial charge on any atom is -0.306 e. The highest BCUT2D eigenvalue weighted by Gasteiger charge is 2.21. The van der Waals surface area contributed by atoms with Gasteiger partial charge in [0.05, 0.1) is 11.1 Å². The molecule has 0 aliphatic carbocycles. The Balaban J connectivity index is 2.48. The first-order valence-electron chi connectivity index (χ1n) is 5.86. The molecular weight excluding hydrogens is 269 g/mol. The molecule has 1 atom stereocenters. The largest absolute Gasteiger partial charge is 0.306 e. The summed E-state index contributed by atoms with van der Waals surface area (Å²) in [5.74, 6) is -0.159. The molecule has 0 amide bonds. The summed E-state index contributed by atoms with van der Waals surface area (Å²) in [6.45, 7) is 4.53. The summed E-state index contributed by atoms with van der Waals surface area (Å²) in [5.41, 5.74) is 1.31. The summed E-state index contributed by atoms with van der Waals surface area (Å²) in [4.78, 5) is 0.961. The second-order valence-electron chi connectivity index (χ2n) is 4.10. The van der Waals surface area contributed by atoms with E-state index in [0.717, 1.165) is 11.4 Å². The lowest BCUT2D eigenvalue weighted by molar-refractivity contribution is 0.557. The van der Waals surface area contributed by atoms with E-state index in [2.05, 4.69) is 5.32 Å². The molecule has 0 saturated carbocycles. The summed E-state index contributed by atoms with van der Waals surface area (Å²) >= 11 is 7.71. The molecule has 4 heteroatoms. The summed E-state index contributed by atoms with van der Waals surface area (Å²) in [7, 11) is 0. The van der Waals surface area contributed by atoms with Crippen LogP contribution in [0.4, 0.5) is 4.39 Å². The van der Waals surface area contributed by atoms with Gasteiger partial charge in [-0.3, -0.25) is 0 Å². The van der Waals surface area contributed by atoms with Crippen LogP contribution in [0.3, 0.4) is 0 Å². The van der Waals surface area contributed by atoms with Crippen LogP contribution in [0.5, 0.6) is 0 Å². The van der Waals surface area contributed by atoms with Gasteiger partial charge in [-0.05, 0) is 30.5 Å². The first-order valence-corrected chi connectivity index (χ1v) is 7.12. The molecule has 1 aromatic heterocycles. The molecule has 18 heavy (non-hydrogen) atoms. The minimum atomic E-state index is -0.178. The van der Waals surface area contributed by atoms with Crippen LogP contribution in [-0.2, 0) is 0 Å². The standard InChI is InChI=1S/C14H15ClFNS/c1-3-17-13(14-11(15)7-8-18-14)10-6-4-5-9(2)12(10)16/h4-8,13,17H,3H2,1-2H3. The lowest BCUT2D eigenvalue weighted by Gasteiger charge is -2.19. The Hall–Kier alpha value is -0.900. The fraction of sp³-hybridized carbons (Fsp3) is 0.286. The fourth-order valence-electron chi connectivity index (χ4n) is 1.95. The van der Waals surface area contributed by atoms with Crippen LogP contribution in [0.15, 0.2) is 29.6 Å². The third-order valence-corrected chi connectivity index (χ3v) is 4.27. The fourth-order valence-corrected chi connectivity index (χ4v) is 3.21. The Labute approximate surface area is 116 Å². The van der Waals surface area contributed by atoms with Gasteiger partial charge in [-0.15, -0.1) is 11.3 Å². The summed E-state index contributed by atoms with van der Waals surface area (Å²) in [5, 5.41) is 5.91. The topological polar surface area (TPSA) is 12.0 Å². The smallest absolute Gasteiger partial charge is 0.131 e. The van der Waals surface area contributed by atoms with Gasteiger partial charge in [-0.25, -0.2) is 4.39 Å². The highest BCUT2D eigenvalue weighted by molar-refractivity contribution is 7.10. The van der Waals surface area contributed by atoms with Crippen molar-refractivity contribution >= 4 is 22.9 Å². The van der Waals surface area contributed by atoms with E-state index in [1.165, 1.54) is 0 Å². The Morgan fingerprint density at radius 1 is 1.39 bits per heavy atom. The number of hydrogen-bond acceptors (Lipinski definition) is 2. The summed E-state index contributed by atoms with van der Waals surface area (Å²) in [6.07, 6.45) is 0. The molecule has 0 spiro atoms. The lowest BCUT2D eigenvalue weighted by Crippen LogP contribution is -2.22. The van der Waals surface area contributed by atoms with E-state index in [1.807, 2.05) is 30.5 Å². The van der Waals surface area contributed by atoms with E-state index < -0.39 is 0 Å². The van der Waals surface area contributed by atoms with Crippen LogP contribution >= 0.6 is 22.9 Å². The molecule has 0 fully saturated rings. The first kappa shape index (κ1) is 13.5. The first-order chi connectivity index (χ1) is 8.65.